The highest BCUT2D eigenvalue weighted by Gasteiger charge is 2.39. The van der Waals surface area contributed by atoms with Gasteiger partial charge in [0.15, 0.2) is 0 Å². The average Bonchev–Trinajstić information content (AvgIpc) is 1.85. The number of aliphatic hydroxyl groups is 3. The Morgan fingerprint density at radius 2 is 1.92 bits per heavy atom. The topological polar surface area (TPSA) is 98.0 Å². The first kappa shape index (κ1) is 11.7. The van der Waals surface area contributed by atoms with Crippen LogP contribution in [0.3, 0.4) is 0 Å². The molecule has 0 spiro atoms. The van der Waals surface area contributed by atoms with Crippen molar-refractivity contribution in [3.8, 4) is 0 Å². The third-order valence-corrected chi connectivity index (χ3v) is 2.15. The third-order valence-electron chi connectivity index (χ3n) is 1.57. The second-order valence-electron chi connectivity index (χ2n) is 2.49. The third kappa shape index (κ3) is 2.98. The summed E-state index contributed by atoms with van der Waals surface area (Å²) in [5.41, 5.74) is 0. The van der Waals surface area contributed by atoms with E-state index in [-0.39, 0.29) is 6.42 Å². The molecule has 0 radical (unpaired) electrons. The van der Waals surface area contributed by atoms with Crippen molar-refractivity contribution in [2.75, 3.05) is 0 Å². The summed E-state index contributed by atoms with van der Waals surface area (Å²) in [7, 11) is 0. The maximum Gasteiger partial charge on any atom is 0.316 e. The van der Waals surface area contributed by atoms with E-state index >= 15 is 0 Å². The second kappa shape index (κ2) is 4.08. The van der Waals surface area contributed by atoms with E-state index in [0.717, 1.165) is 0 Å². The number of carboxylic acids is 1. The highest BCUT2D eigenvalue weighted by atomic mass is 32.1. The molecule has 2 atom stereocenters. The molecule has 0 heterocycles. The van der Waals surface area contributed by atoms with Gasteiger partial charge in [-0.1, -0.05) is 6.92 Å². The van der Waals surface area contributed by atoms with E-state index in [1.54, 1.807) is 0 Å². The normalized spacial score (nSPS) is 17.1. The van der Waals surface area contributed by atoms with Crippen LogP contribution in [0.1, 0.15) is 13.3 Å². The molecule has 72 valence electrons. The number of carboxylic acid groups (broad SMARTS) is 1. The second-order valence-corrected chi connectivity index (χ2v) is 3.04. The number of thiol groups is 1. The van der Waals surface area contributed by atoms with Crippen LogP contribution >= 0.6 is 12.6 Å². The number of hydrogen-bond acceptors (Lipinski definition) is 5. The van der Waals surface area contributed by atoms with Gasteiger partial charge in [0.2, 0.25) is 0 Å². The van der Waals surface area contributed by atoms with Gasteiger partial charge in [-0.2, -0.15) is 12.6 Å². The summed E-state index contributed by atoms with van der Waals surface area (Å²) >= 11 is 3.61. The fraction of sp³-hybridized carbons (Fsp3) is 0.833. The van der Waals surface area contributed by atoms with E-state index < -0.39 is 23.1 Å². The summed E-state index contributed by atoms with van der Waals surface area (Å²) in [6.07, 6.45) is 0.101. The van der Waals surface area contributed by atoms with Crippen molar-refractivity contribution < 1.29 is 25.2 Å². The van der Waals surface area contributed by atoms with Gasteiger partial charge in [-0.05, 0) is 6.42 Å². The fourth-order valence-electron chi connectivity index (χ4n) is 0.881. The summed E-state index contributed by atoms with van der Waals surface area (Å²) < 4.78 is 0. The SMILES string of the molecule is CCC(C(S)C(=O)O)C(O)(O)O. The van der Waals surface area contributed by atoms with Crippen molar-refractivity contribution in [1.29, 1.82) is 0 Å². The average molecular weight is 196 g/mol. The van der Waals surface area contributed by atoms with Crippen LogP contribution in [0.2, 0.25) is 0 Å². The highest BCUT2D eigenvalue weighted by Crippen LogP contribution is 2.23. The first-order valence-corrected chi connectivity index (χ1v) is 3.90. The largest absolute Gasteiger partial charge is 0.480 e. The van der Waals surface area contributed by atoms with E-state index in [1.807, 2.05) is 0 Å². The quantitative estimate of drug-likeness (QED) is 0.294. The van der Waals surface area contributed by atoms with E-state index in [2.05, 4.69) is 12.6 Å². The van der Waals surface area contributed by atoms with Crippen LogP contribution in [0, 0.1) is 5.92 Å². The standard InChI is InChI=1S/C6H12O5S/c1-2-3(6(9,10)11)4(12)5(7)8/h3-4,9-12H,2H2,1H3,(H,7,8). The molecular formula is C6H12O5S. The molecule has 0 rings (SSSR count). The molecule has 6 heteroatoms. The van der Waals surface area contributed by atoms with E-state index in [9.17, 15) is 4.79 Å². The van der Waals surface area contributed by atoms with Crippen LogP contribution < -0.4 is 0 Å². The van der Waals surface area contributed by atoms with Gasteiger partial charge >= 0.3 is 5.97 Å². The molecule has 0 aromatic rings. The zero-order valence-electron chi connectivity index (χ0n) is 6.51. The van der Waals surface area contributed by atoms with Gasteiger partial charge < -0.3 is 20.4 Å². The summed E-state index contributed by atoms with van der Waals surface area (Å²) in [5.74, 6) is -5.50. The lowest BCUT2D eigenvalue weighted by atomic mass is 9.99. The van der Waals surface area contributed by atoms with E-state index in [0.29, 0.717) is 0 Å². The highest BCUT2D eigenvalue weighted by molar-refractivity contribution is 7.81. The molecular weight excluding hydrogens is 184 g/mol. The molecule has 4 N–H and O–H groups in total. The molecule has 0 saturated heterocycles. The van der Waals surface area contributed by atoms with Gasteiger partial charge in [0.1, 0.15) is 5.25 Å². The Kier molecular flexibility index (Phi) is 3.98. The van der Waals surface area contributed by atoms with Gasteiger partial charge in [0.25, 0.3) is 5.97 Å². The van der Waals surface area contributed by atoms with Gasteiger partial charge in [-0.25, -0.2) is 0 Å². The van der Waals surface area contributed by atoms with Crippen molar-refractivity contribution >= 4 is 18.6 Å². The minimum atomic E-state index is -2.99. The van der Waals surface area contributed by atoms with Crippen molar-refractivity contribution in [3.63, 3.8) is 0 Å². The van der Waals surface area contributed by atoms with Gasteiger partial charge in [0.05, 0.1) is 5.92 Å². The van der Waals surface area contributed by atoms with Crippen molar-refractivity contribution in [2.45, 2.75) is 24.6 Å². The zero-order chi connectivity index (χ0) is 9.94. The Bertz CT molecular complexity index is 164. The van der Waals surface area contributed by atoms with Crippen LogP contribution in [0.4, 0.5) is 0 Å². The molecule has 0 aromatic heterocycles. The molecule has 12 heavy (non-hydrogen) atoms. The fourth-order valence-corrected chi connectivity index (χ4v) is 1.29. The molecule has 0 bridgehead atoms. The maximum atomic E-state index is 10.3. The number of carbonyl (C=O) groups is 1. The lowest BCUT2D eigenvalue weighted by molar-refractivity contribution is -0.341. The number of hydrogen-bond donors (Lipinski definition) is 5. The monoisotopic (exact) mass is 196 g/mol. The minimum absolute atomic E-state index is 0.101. The lowest BCUT2D eigenvalue weighted by Gasteiger charge is -2.26. The molecule has 0 aromatic carbocycles. The molecule has 0 saturated carbocycles. The van der Waals surface area contributed by atoms with Crippen LogP contribution in [0.25, 0.3) is 0 Å². The summed E-state index contributed by atoms with van der Waals surface area (Å²) in [5, 5.41) is 33.2. The van der Waals surface area contributed by atoms with E-state index in [1.165, 1.54) is 6.92 Å². The van der Waals surface area contributed by atoms with E-state index in [4.69, 9.17) is 20.4 Å². The maximum absolute atomic E-state index is 10.3. The van der Waals surface area contributed by atoms with Gasteiger partial charge in [0, 0.05) is 0 Å². The van der Waals surface area contributed by atoms with Gasteiger partial charge in [-0.15, -0.1) is 0 Å². The molecule has 0 fully saturated rings. The Labute approximate surface area is 75.1 Å². The summed E-state index contributed by atoms with van der Waals surface area (Å²) in [6.45, 7) is 1.52. The lowest BCUT2D eigenvalue weighted by Crippen LogP contribution is -2.44. The van der Waals surface area contributed by atoms with Crippen LogP contribution in [-0.4, -0.2) is 37.6 Å². The first-order chi connectivity index (χ1) is 5.30. The first-order valence-electron chi connectivity index (χ1n) is 3.38. The predicted octanol–water partition coefficient (Wildman–Crippen LogP) is -0.974. The van der Waals surface area contributed by atoms with Crippen LogP contribution in [-0.2, 0) is 4.79 Å². The Hall–Kier alpha value is -0.300. The zero-order valence-corrected chi connectivity index (χ0v) is 7.40. The molecule has 0 amide bonds. The number of aliphatic carboxylic acids is 1. The van der Waals surface area contributed by atoms with Crippen molar-refractivity contribution in [2.24, 2.45) is 5.92 Å². The Morgan fingerprint density at radius 3 is 2.00 bits per heavy atom. The molecule has 0 aliphatic carbocycles. The summed E-state index contributed by atoms with van der Waals surface area (Å²) in [6, 6.07) is 0. The van der Waals surface area contributed by atoms with Crippen molar-refractivity contribution in [1.82, 2.24) is 0 Å². The molecule has 2 unspecified atom stereocenters. The molecule has 5 nitrogen and oxygen atoms in total. The van der Waals surface area contributed by atoms with Crippen molar-refractivity contribution in [3.05, 3.63) is 0 Å². The molecule has 0 aliphatic heterocycles. The van der Waals surface area contributed by atoms with Crippen LogP contribution in [0.15, 0.2) is 0 Å². The number of rotatable bonds is 4. The summed E-state index contributed by atoms with van der Waals surface area (Å²) in [4.78, 5) is 10.3. The Morgan fingerprint density at radius 1 is 1.50 bits per heavy atom. The smallest absolute Gasteiger partial charge is 0.316 e. The molecule has 0 aliphatic rings. The van der Waals surface area contributed by atoms with Gasteiger partial charge in [-0.3, -0.25) is 4.79 Å². The Balaban J connectivity index is 4.45. The minimum Gasteiger partial charge on any atom is -0.480 e. The predicted molar refractivity (Wildman–Crippen MR) is 43.6 cm³/mol. The van der Waals surface area contributed by atoms with Crippen LogP contribution in [0.5, 0.6) is 0 Å².